The number of nitrogens with one attached hydrogen (secondary N) is 1. The van der Waals surface area contributed by atoms with Gasteiger partial charge in [-0.2, -0.15) is 0 Å². The minimum absolute atomic E-state index is 0.0438. The van der Waals surface area contributed by atoms with Crippen LogP contribution in [0.25, 0.3) is 0 Å². The van der Waals surface area contributed by atoms with Crippen molar-refractivity contribution in [3.63, 3.8) is 0 Å². The Labute approximate surface area is 178 Å². The molecular formula is C22H17Cl2NO2S. The standard InChI is InChI=1S/C22H17Cl2NO2S/c1-14-5-7-15(8-6-14)22(27)25-17-3-2-4-18(12-17)28-13-21(26)16-9-10-19(23)20(24)11-16/h2-12H,13H2,1H3,(H,25,27). The number of benzene rings is 3. The third-order valence-corrected chi connectivity index (χ3v) is 5.75. The van der Waals surface area contributed by atoms with Gasteiger partial charge in [0.15, 0.2) is 5.78 Å². The average Bonchev–Trinajstić information content (AvgIpc) is 2.69. The van der Waals surface area contributed by atoms with E-state index in [0.29, 0.717) is 26.9 Å². The van der Waals surface area contributed by atoms with Gasteiger partial charge in [0.1, 0.15) is 0 Å². The van der Waals surface area contributed by atoms with Gasteiger partial charge in [-0.25, -0.2) is 0 Å². The fourth-order valence-electron chi connectivity index (χ4n) is 2.47. The summed E-state index contributed by atoms with van der Waals surface area (Å²) in [7, 11) is 0. The van der Waals surface area contributed by atoms with Crippen molar-refractivity contribution >= 4 is 52.3 Å². The number of hydrogen-bond acceptors (Lipinski definition) is 3. The second-order valence-electron chi connectivity index (χ2n) is 6.19. The molecule has 28 heavy (non-hydrogen) atoms. The van der Waals surface area contributed by atoms with Crippen LogP contribution in [0.5, 0.6) is 0 Å². The second kappa shape index (κ2) is 9.28. The van der Waals surface area contributed by atoms with Crippen LogP contribution in [0, 0.1) is 6.92 Å². The third kappa shape index (κ3) is 5.38. The van der Waals surface area contributed by atoms with Crippen LogP contribution in [0.15, 0.2) is 71.6 Å². The molecule has 1 amide bonds. The van der Waals surface area contributed by atoms with E-state index in [1.54, 1.807) is 30.3 Å². The minimum atomic E-state index is -0.172. The van der Waals surface area contributed by atoms with Gasteiger partial charge in [0, 0.05) is 21.7 Å². The van der Waals surface area contributed by atoms with E-state index >= 15 is 0 Å². The van der Waals surface area contributed by atoms with Crippen LogP contribution in [0.1, 0.15) is 26.3 Å². The molecule has 0 aliphatic carbocycles. The molecule has 0 radical (unpaired) electrons. The number of thioether (sulfide) groups is 1. The van der Waals surface area contributed by atoms with Gasteiger partial charge in [0.05, 0.1) is 15.8 Å². The molecule has 0 atom stereocenters. The molecule has 3 aromatic carbocycles. The van der Waals surface area contributed by atoms with Crippen molar-refractivity contribution in [1.82, 2.24) is 0 Å². The Kier molecular flexibility index (Phi) is 6.79. The zero-order valence-electron chi connectivity index (χ0n) is 15.0. The molecule has 3 rings (SSSR count). The fraction of sp³-hybridized carbons (Fsp3) is 0.0909. The summed E-state index contributed by atoms with van der Waals surface area (Å²) in [6.45, 7) is 1.97. The predicted molar refractivity (Wildman–Crippen MR) is 117 cm³/mol. The van der Waals surface area contributed by atoms with Crippen molar-refractivity contribution in [2.45, 2.75) is 11.8 Å². The highest BCUT2D eigenvalue weighted by Crippen LogP contribution is 2.26. The molecule has 3 nitrogen and oxygen atoms in total. The number of carbonyl (C=O) groups is 2. The summed E-state index contributed by atoms with van der Waals surface area (Å²) in [5.41, 5.74) is 2.89. The highest BCUT2D eigenvalue weighted by molar-refractivity contribution is 8.00. The van der Waals surface area contributed by atoms with Gasteiger partial charge in [-0.05, 0) is 55.5 Å². The second-order valence-corrected chi connectivity index (χ2v) is 8.05. The van der Waals surface area contributed by atoms with Crippen molar-refractivity contribution in [2.24, 2.45) is 0 Å². The first-order chi connectivity index (χ1) is 13.4. The molecule has 0 saturated carbocycles. The first-order valence-corrected chi connectivity index (χ1v) is 10.3. The van der Waals surface area contributed by atoms with E-state index < -0.39 is 0 Å². The van der Waals surface area contributed by atoms with E-state index in [1.165, 1.54) is 11.8 Å². The highest BCUT2D eigenvalue weighted by Gasteiger charge is 2.10. The molecule has 0 bridgehead atoms. The van der Waals surface area contributed by atoms with Crippen LogP contribution in [0.2, 0.25) is 10.0 Å². The van der Waals surface area contributed by atoms with E-state index in [0.717, 1.165) is 10.5 Å². The van der Waals surface area contributed by atoms with Gasteiger partial charge in [-0.3, -0.25) is 9.59 Å². The maximum Gasteiger partial charge on any atom is 0.255 e. The van der Waals surface area contributed by atoms with Gasteiger partial charge in [-0.1, -0.05) is 47.0 Å². The number of Topliss-reactive ketones (excluding diaryl/α,β-unsaturated/α-hetero) is 1. The van der Waals surface area contributed by atoms with Crippen molar-refractivity contribution in [2.75, 3.05) is 11.1 Å². The molecular weight excluding hydrogens is 413 g/mol. The first-order valence-electron chi connectivity index (χ1n) is 8.51. The van der Waals surface area contributed by atoms with Gasteiger partial charge in [0.25, 0.3) is 5.91 Å². The maximum atomic E-state index is 12.4. The number of rotatable bonds is 6. The summed E-state index contributed by atoms with van der Waals surface area (Å²) in [4.78, 5) is 25.6. The molecule has 0 saturated heterocycles. The number of ketones is 1. The predicted octanol–water partition coefficient (Wildman–Crippen LogP) is 6.53. The summed E-state index contributed by atoms with van der Waals surface area (Å²) >= 11 is 13.3. The summed E-state index contributed by atoms with van der Waals surface area (Å²) in [5.74, 6) is 0.0412. The normalized spacial score (nSPS) is 10.5. The maximum absolute atomic E-state index is 12.4. The topological polar surface area (TPSA) is 46.2 Å². The lowest BCUT2D eigenvalue weighted by molar-refractivity contribution is 0.101. The van der Waals surface area contributed by atoms with E-state index in [4.69, 9.17) is 23.2 Å². The van der Waals surface area contributed by atoms with Gasteiger partial charge >= 0.3 is 0 Å². The van der Waals surface area contributed by atoms with Crippen LogP contribution in [0.3, 0.4) is 0 Å². The molecule has 0 aromatic heterocycles. The molecule has 142 valence electrons. The van der Waals surface area contributed by atoms with Crippen LogP contribution in [-0.2, 0) is 0 Å². The van der Waals surface area contributed by atoms with Crippen LogP contribution < -0.4 is 5.32 Å². The Morgan fingerprint density at radius 3 is 2.32 bits per heavy atom. The Morgan fingerprint density at radius 2 is 1.61 bits per heavy atom. The summed E-state index contributed by atoms with van der Waals surface area (Å²) in [6.07, 6.45) is 0. The first kappa shape index (κ1) is 20.5. The number of anilines is 1. The quantitative estimate of drug-likeness (QED) is 0.357. The third-order valence-electron chi connectivity index (χ3n) is 4.02. The summed E-state index contributed by atoms with van der Waals surface area (Å²) in [6, 6.07) is 19.6. The van der Waals surface area contributed by atoms with Crippen LogP contribution in [0.4, 0.5) is 5.69 Å². The molecule has 0 unspecified atom stereocenters. The van der Waals surface area contributed by atoms with Gasteiger partial charge < -0.3 is 5.32 Å². The Morgan fingerprint density at radius 1 is 0.893 bits per heavy atom. The number of carbonyl (C=O) groups excluding carboxylic acids is 2. The minimum Gasteiger partial charge on any atom is -0.322 e. The smallest absolute Gasteiger partial charge is 0.255 e. The summed E-state index contributed by atoms with van der Waals surface area (Å²) in [5, 5.41) is 3.66. The molecule has 0 aliphatic rings. The van der Waals surface area contributed by atoms with E-state index in [2.05, 4.69) is 5.32 Å². The van der Waals surface area contributed by atoms with Crippen molar-refractivity contribution in [3.05, 3.63) is 93.5 Å². The zero-order valence-corrected chi connectivity index (χ0v) is 17.4. The van der Waals surface area contributed by atoms with Crippen molar-refractivity contribution in [1.29, 1.82) is 0 Å². The lowest BCUT2D eigenvalue weighted by atomic mass is 10.1. The van der Waals surface area contributed by atoms with Gasteiger partial charge in [-0.15, -0.1) is 11.8 Å². The zero-order chi connectivity index (χ0) is 20.1. The monoisotopic (exact) mass is 429 g/mol. The van der Waals surface area contributed by atoms with Gasteiger partial charge in [0.2, 0.25) is 0 Å². The lowest BCUT2D eigenvalue weighted by Gasteiger charge is -2.08. The highest BCUT2D eigenvalue weighted by atomic mass is 35.5. The number of hydrogen-bond donors (Lipinski definition) is 1. The average molecular weight is 430 g/mol. The number of aryl methyl sites for hydroxylation is 1. The van der Waals surface area contributed by atoms with E-state index in [9.17, 15) is 9.59 Å². The molecule has 6 heteroatoms. The molecule has 0 heterocycles. The van der Waals surface area contributed by atoms with Crippen molar-refractivity contribution in [3.8, 4) is 0 Å². The molecule has 0 aliphatic heterocycles. The van der Waals surface area contributed by atoms with Crippen molar-refractivity contribution < 1.29 is 9.59 Å². The Balaban J connectivity index is 1.62. The fourth-order valence-corrected chi connectivity index (χ4v) is 3.62. The van der Waals surface area contributed by atoms with Crippen LogP contribution >= 0.6 is 35.0 Å². The van der Waals surface area contributed by atoms with E-state index in [1.807, 2.05) is 43.3 Å². The molecule has 0 spiro atoms. The number of halogens is 2. The molecule has 1 N–H and O–H groups in total. The van der Waals surface area contributed by atoms with Crippen LogP contribution in [-0.4, -0.2) is 17.4 Å². The lowest BCUT2D eigenvalue weighted by Crippen LogP contribution is -2.11. The summed E-state index contributed by atoms with van der Waals surface area (Å²) < 4.78 is 0. The largest absolute Gasteiger partial charge is 0.322 e. The molecule has 3 aromatic rings. The SMILES string of the molecule is Cc1ccc(C(=O)Nc2cccc(SCC(=O)c3ccc(Cl)c(Cl)c3)c2)cc1. The van der Waals surface area contributed by atoms with E-state index in [-0.39, 0.29) is 17.4 Å². The molecule has 0 fully saturated rings. The number of amides is 1. The Hall–Kier alpha value is -2.27. The Bertz CT molecular complexity index is 1020.